The lowest BCUT2D eigenvalue weighted by Gasteiger charge is -2.28. The number of hydrogen-bond donors (Lipinski definition) is 2. The number of phenolic OH excluding ortho intramolecular Hbond substituents is 1. The fourth-order valence-electron chi connectivity index (χ4n) is 2.25. The van der Waals surface area contributed by atoms with Crippen LogP contribution in [0.3, 0.4) is 0 Å². The second-order valence-corrected chi connectivity index (χ2v) is 4.41. The van der Waals surface area contributed by atoms with Gasteiger partial charge in [-0.25, -0.2) is 0 Å². The van der Waals surface area contributed by atoms with Gasteiger partial charge in [0.1, 0.15) is 0 Å². The van der Waals surface area contributed by atoms with Gasteiger partial charge in [-0.2, -0.15) is 0 Å². The second kappa shape index (κ2) is 5.38. The number of phenols is 1. The lowest BCUT2D eigenvalue weighted by atomic mass is 9.88. The van der Waals surface area contributed by atoms with Gasteiger partial charge in [0, 0.05) is 19.3 Å². The van der Waals surface area contributed by atoms with Gasteiger partial charge in [-0.3, -0.25) is 0 Å². The van der Waals surface area contributed by atoms with Crippen molar-refractivity contribution in [1.82, 2.24) is 0 Å². The van der Waals surface area contributed by atoms with Crippen molar-refractivity contribution in [3.8, 4) is 11.5 Å². The van der Waals surface area contributed by atoms with Gasteiger partial charge < -0.3 is 20.3 Å². The lowest BCUT2D eigenvalue weighted by Crippen LogP contribution is -2.27. The molecule has 17 heavy (non-hydrogen) atoms. The van der Waals surface area contributed by atoms with E-state index in [1.54, 1.807) is 13.2 Å². The molecular formula is C13H19NO3. The number of nitrogens with two attached hydrogens (primary N) is 1. The molecule has 0 bridgehead atoms. The molecule has 0 saturated carbocycles. The topological polar surface area (TPSA) is 64.7 Å². The first kappa shape index (κ1) is 12.2. The van der Waals surface area contributed by atoms with Crippen molar-refractivity contribution in [3.05, 3.63) is 23.8 Å². The summed E-state index contributed by atoms with van der Waals surface area (Å²) < 4.78 is 10.4. The predicted molar refractivity (Wildman–Crippen MR) is 65.1 cm³/mol. The summed E-state index contributed by atoms with van der Waals surface area (Å²) in [4.78, 5) is 0. The van der Waals surface area contributed by atoms with Crippen LogP contribution >= 0.6 is 0 Å². The summed E-state index contributed by atoms with van der Waals surface area (Å²) in [5, 5.41) is 9.54. The molecule has 1 aromatic carbocycles. The van der Waals surface area contributed by atoms with Gasteiger partial charge in [-0.15, -0.1) is 0 Å². The predicted octanol–water partition coefficient (Wildman–Crippen LogP) is 1.83. The fourth-order valence-corrected chi connectivity index (χ4v) is 2.25. The van der Waals surface area contributed by atoms with Crippen LogP contribution in [-0.4, -0.2) is 25.4 Å². The summed E-state index contributed by atoms with van der Waals surface area (Å²) in [6.07, 6.45) is 1.98. The third-order valence-corrected chi connectivity index (χ3v) is 3.36. The van der Waals surface area contributed by atoms with Gasteiger partial charge in [-0.05, 0) is 36.5 Å². The smallest absolute Gasteiger partial charge is 0.160 e. The minimum Gasteiger partial charge on any atom is -0.504 e. The quantitative estimate of drug-likeness (QED) is 0.841. The summed E-state index contributed by atoms with van der Waals surface area (Å²) >= 11 is 0. The first-order valence-electron chi connectivity index (χ1n) is 5.92. The molecule has 0 unspecified atom stereocenters. The monoisotopic (exact) mass is 237 g/mol. The summed E-state index contributed by atoms with van der Waals surface area (Å²) in [5.74, 6) is 1.07. The molecule has 1 aliphatic heterocycles. The van der Waals surface area contributed by atoms with Gasteiger partial charge in [0.05, 0.1) is 7.11 Å². The molecule has 0 amide bonds. The number of methoxy groups -OCH3 is 1. The van der Waals surface area contributed by atoms with Crippen molar-refractivity contribution in [1.29, 1.82) is 0 Å². The van der Waals surface area contributed by atoms with E-state index in [9.17, 15) is 5.11 Å². The van der Waals surface area contributed by atoms with Gasteiger partial charge >= 0.3 is 0 Å². The maximum atomic E-state index is 9.54. The summed E-state index contributed by atoms with van der Waals surface area (Å²) in [6, 6.07) is 5.29. The van der Waals surface area contributed by atoms with E-state index in [0.717, 1.165) is 31.6 Å². The van der Waals surface area contributed by atoms with E-state index < -0.39 is 0 Å². The molecule has 1 saturated heterocycles. The maximum absolute atomic E-state index is 9.54. The van der Waals surface area contributed by atoms with Crippen LogP contribution in [0.2, 0.25) is 0 Å². The Labute approximate surface area is 101 Å². The van der Waals surface area contributed by atoms with Crippen LogP contribution < -0.4 is 10.5 Å². The number of hydrogen-bond acceptors (Lipinski definition) is 4. The van der Waals surface area contributed by atoms with E-state index in [-0.39, 0.29) is 11.8 Å². The van der Waals surface area contributed by atoms with Crippen molar-refractivity contribution in [2.45, 2.75) is 18.9 Å². The average molecular weight is 237 g/mol. The highest BCUT2D eigenvalue weighted by Crippen LogP contribution is 2.33. The number of ether oxygens (including phenoxy) is 2. The Kier molecular flexibility index (Phi) is 3.86. The van der Waals surface area contributed by atoms with Gasteiger partial charge in [0.25, 0.3) is 0 Å². The Morgan fingerprint density at radius 3 is 2.76 bits per heavy atom. The summed E-state index contributed by atoms with van der Waals surface area (Å²) in [5.41, 5.74) is 7.26. The molecule has 1 fully saturated rings. The highest BCUT2D eigenvalue weighted by molar-refractivity contribution is 5.42. The van der Waals surface area contributed by atoms with Crippen molar-refractivity contribution in [2.75, 3.05) is 20.3 Å². The standard InChI is InChI=1S/C13H19NO3/c1-16-12-8-10(2-3-11(12)15)13(14)9-4-6-17-7-5-9/h2-3,8-9,13,15H,4-7,14H2,1H3/t13-/m1/s1. The molecule has 2 rings (SSSR count). The fraction of sp³-hybridized carbons (Fsp3) is 0.538. The van der Waals surface area contributed by atoms with E-state index in [0.29, 0.717) is 11.7 Å². The zero-order chi connectivity index (χ0) is 12.3. The van der Waals surface area contributed by atoms with E-state index in [1.807, 2.05) is 12.1 Å². The largest absolute Gasteiger partial charge is 0.504 e. The molecule has 4 nitrogen and oxygen atoms in total. The molecule has 0 aromatic heterocycles. The van der Waals surface area contributed by atoms with Crippen molar-refractivity contribution in [3.63, 3.8) is 0 Å². The molecule has 1 aromatic rings. The highest BCUT2D eigenvalue weighted by Gasteiger charge is 2.22. The number of benzene rings is 1. The molecule has 94 valence electrons. The lowest BCUT2D eigenvalue weighted by molar-refractivity contribution is 0.0583. The zero-order valence-electron chi connectivity index (χ0n) is 10.1. The van der Waals surface area contributed by atoms with Crippen molar-refractivity contribution in [2.24, 2.45) is 11.7 Å². The molecule has 3 N–H and O–H groups in total. The van der Waals surface area contributed by atoms with Crippen LogP contribution in [0.25, 0.3) is 0 Å². The van der Waals surface area contributed by atoms with Crippen LogP contribution in [0.4, 0.5) is 0 Å². The first-order valence-corrected chi connectivity index (χ1v) is 5.92. The van der Waals surface area contributed by atoms with Crippen LogP contribution in [0, 0.1) is 5.92 Å². The Bertz CT molecular complexity index is 375. The Balaban J connectivity index is 2.15. The third kappa shape index (κ3) is 2.70. The Hall–Kier alpha value is -1.26. The maximum Gasteiger partial charge on any atom is 0.160 e. The molecule has 1 atom stereocenters. The van der Waals surface area contributed by atoms with Gasteiger partial charge in [-0.1, -0.05) is 6.07 Å². The van der Waals surface area contributed by atoms with E-state index in [4.69, 9.17) is 15.2 Å². The Morgan fingerprint density at radius 1 is 1.41 bits per heavy atom. The van der Waals surface area contributed by atoms with Crippen molar-refractivity contribution < 1.29 is 14.6 Å². The highest BCUT2D eigenvalue weighted by atomic mass is 16.5. The van der Waals surface area contributed by atoms with E-state index in [2.05, 4.69) is 0 Å². The summed E-state index contributed by atoms with van der Waals surface area (Å²) in [6.45, 7) is 1.57. The average Bonchev–Trinajstić information content (AvgIpc) is 2.39. The van der Waals surface area contributed by atoms with Gasteiger partial charge in [0.15, 0.2) is 11.5 Å². The van der Waals surface area contributed by atoms with E-state index in [1.165, 1.54) is 0 Å². The Morgan fingerprint density at radius 2 is 2.12 bits per heavy atom. The zero-order valence-corrected chi connectivity index (χ0v) is 10.1. The van der Waals surface area contributed by atoms with Crippen LogP contribution in [0.5, 0.6) is 11.5 Å². The molecule has 0 aliphatic carbocycles. The molecule has 4 heteroatoms. The molecule has 0 radical (unpaired) electrons. The number of rotatable bonds is 3. The summed E-state index contributed by atoms with van der Waals surface area (Å²) in [7, 11) is 1.54. The molecule has 1 aliphatic rings. The number of aromatic hydroxyl groups is 1. The van der Waals surface area contributed by atoms with Crippen LogP contribution in [0.15, 0.2) is 18.2 Å². The SMILES string of the molecule is COc1cc([C@H](N)C2CCOCC2)ccc1O. The molecular weight excluding hydrogens is 218 g/mol. The molecule has 0 spiro atoms. The molecule has 1 heterocycles. The normalized spacial score (nSPS) is 18.9. The first-order chi connectivity index (χ1) is 8.22. The minimum atomic E-state index is -0.0200. The second-order valence-electron chi connectivity index (χ2n) is 4.41. The van der Waals surface area contributed by atoms with Crippen LogP contribution in [0.1, 0.15) is 24.4 Å². The van der Waals surface area contributed by atoms with E-state index >= 15 is 0 Å². The van der Waals surface area contributed by atoms with Crippen LogP contribution in [-0.2, 0) is 4.74 Å². The third-order valence-electron chi connectivity index (χ3n) is 3.36. The minimum absolute atomic E-state index is 0.0200. The van der Waals surface area contributed by atoms with Crippen molar-refractivity contribution >= 4 is 0 Å². The van der Waals surface area contributed by atoms with Gasteiger partial charge in [0.2, 0.25) is 0 Å².